The van der Waals surface area contributed by atoms with Crippen LogP contribution in [0.15, 0.2) is 36.4 Å². The Morgan fingerprint density at radius 3 is 2.28 bits per heavy atom. The number of carbonyl (C=O) groups excluding carboxylic acids is 1. The van der Waals surface area contributed by atoms with Crippen LogP contribution in [-0.2, 0) is 16.1 Å². The number of rotatable bonds is 4. The van der Waals surface area contributed by atoms with Crippen molar-refractivity contribution in [3.8, 4) is 0 Å². The highest BCUT2D eigenvalue weighted by atomic mass is 16.5. The maximum absolute atomic E-state index is 11.9. The summed E-state index contributed by atoms with van der Waals surface area (Å²) in [7, 11) is 0. The van der Waals surface area contributed by atoms with Crippen molar-refractivity contribution in [3.05, 3.63) is 73.6 Å². The normalized spacial score (nSPS) is 33.2. The topological polar surface area (TPSA) is 29.5 Å². The van der Waals surface area contributed by atoms with Gasteiger partial charge in [-0.2, -0.15) is 0 Å². The summed E-state index contributed by atoms with van der Waals surface area (Å²) in [4.78, 5) is 14.4. The van der Waals surface area contributed by atoms with Gasteiger partial charge < -0.3 is 9.64 Å². The van der Waals surface area contributed by atoms with Crippen molar-refractivity contribution in [2.75, 3.05) is 18.0 Å². The van der Waals surface area contributed by atoms with Gasteiger partial charge >= 0.3 is 5.97 Å². The number of nitrogens with zero attached hydrogens (tertiary/aromatic N) is 1. The number of fused-ring (bicyclic) bond motifs is 5. The molecule has 1 aromatic carbocycles. The third kappa shape index (κ3) is 2.78. The fourth-order valence-corrected chi connectivity index (χ4v) is 4.91. The molecule has 3 fully saturated rings. The third-order valence-electron chi connectivity index (χ3n) is 6.23. The van der Waals surface area contributed by atoms with Gasteiger partial charge in [-0.25, -0.2) is 0 Å². The first-order valence-electron chi connectivity index (χ1n) is 9.19. The van der Waals surface area contributed by atoms with Crippen LogP contribution in [0.1, 0.15) is 12.0 Å². The van der Waals surface area contributed by atoms with Crippen LogP contribution in [0, 0.1) is 55.3 Å². The summed E-state index contributed by atoms with van der Waals surface area (Å²) in [6.45, 7) is 2.69. The Morgan fingerprint density at radius 2 is 1.64 bits per heavy atom. The summed E-state index contributed by atoms with van der Waals surface area (Å²) >= 11 is 0. The van der Waals surface area contributed by atoms with Crippen molar-refractivity contribution in [2.45, 2.75) is 13.0 Å². The molecule has 2 bridgehead atoms. The highest BCUT2D eigenvalue weighted by molar-refractivity contribution is 5.91. The van der Waals surface area contributed by atoms with E-state index in [1.54, 1.807) is 12.8 Å². The first-order chi connectivity index (χ1) is 12.3. The summed E-state index contributed by atoms with van der Waals surface area (Å²) in [5.74, 6) is 3.68. The highest BCUT2D eigenvalue weighted by Crippen LogP contribution is 2.51. The molecule has 1 aromatic rings. The minimum absolute atomic E-state index is 0.260. The number of hydrogen-bond acceptors (Lipinski definition) is 3. The molecule has 3 aliphatic carbocycles. The van der Waals surface area contributed by atoms with Crippen LogP contribution in [0.25, 0.3) is 0 Å². The van der Waals surface area contributed by atoms with Gasteiger partial charge in [0.05, 0.1) is 5.92 Å². The molecule has 3 nitrogen and oxygen atoms in total. The van der Waals surface area contributed by atoms with E-state index in [1.165, 1.54) is 25.2 Å². The monoisotopic (exact) mass is 332 g/mol. The highest BCUT2D eigenvalue weighted by Gasteiger charge is 2.49. The van der Waals surface area contributed by atoms with Crippen LogP contribution in [0.2, 0.25) is 0 Å². The minimum Gasteiger partial charge on any atom is -0.460 e. The zero-order valence-electron chi connectivity index (χ0n) is 14.2. The van der Waals surface area contributed by atoms with Gasteiger partial charge in [-0.05, 0) is 73.5 Å². The van der Waals surface area contributed by atoms with Crippen molar-refractivity contribution >= 4 is 11.7 Å². The predicted molar refractivity (Wildman–Crippen MR) is 96.6 cm³/mol. The molecule has 0 spiro atoms. The summed E-state index contributed by atoms with van der Waals surface area (Å²) in [6, 6.07) is 8.49. The molecular formula is C22H22NO2. The number of benzene rings is 1. The maximum atomic E-state index is 11.9. The molecule has 0 amide bonds. The van der Waals surface area contributed by atoms with Crippen molar-refractivity contribution in [1.29, 1.82) is 0 Å². The Bertz CT molecular complexity index is 654. The lowest BCUT2D eigenvalue weighted by molar-refractivity contribution is -0.141. The molecule has 0 aromatic heterocycles. The summed E-state index contributed by atoms with van der Waals surface area (Å²) < 4.78 is 5.37. The zero-order valence-corrected chi connectivity index (χ0v) is 14.2. The Labute approximate surface area is 150 Å². The number of allylic oxidation sites excluding steroid dienone is 2. The predicted octanol–water partition coefficient (Wildman–Crippen LogP) is 3.39. The number of carbonyl (C=O) groups is 1. The van der Waals surface area contributed by atoms with E-state index in [4.69, 9.17) is 4.74 Å². The summed E-state index contributed by atoms with van der Waals surface area (Å²) in [6.07, 6.45) is 13.5. The molecular weight excluding hydrogens is 310 g/mol. The molecule has 127 valence electrons. The fourth-order valence-electron chi connectivity index (χ4n) is 4.91. The Balaban J connectivity index is 1.18. The maximum Gasteiger partial charge on any atom is 0.314 e. The van der Waals surface area contributed by atoms with Gasteiger partial charge in [-0.1, -0.05) is 24.3 Å². The van der Waals surface area contributed by atoms with Gasteiger partial charge in [-0.15, -0.1) is 0 Å². The molecule has 5 radical (unpaired) electrons. The van der Waals surface area contributed by atoms with Crippen LogP contribution in [-0.4, -0.2) is 19.1 Å². The lowest BCUT2D eigenvalue weighted by Crippen LogP contribution is -2.22. The van der Waals surface area contributed by atoms with E-state index in [0.29, 0.717) is 12.5 Å². The van der Waals surface area contributed by atoms with Crippen molar-refractivity contribution < 1.29 is 9.53 Å². The summed E-state index contributed by atoms with van der Waals surface area (Å²) in [5.41, 5.74) is 2.32. The van der Waals surface area contributed by atoms with Crippen LogP contribution in [0.3, 0.4) is 0 Å². The van der Waals surface area contributed by atoms with E-state index in [-0.39, 0.29) is 5.97 Å². The van der Waals surface area contributed by atoms with Crippen molar-refractivity contribution in [2.24, 2.45) is 23.7 Å². The molecule has 1 heterocycles. The van der Waals surface area contributed by atoms with Gasteiger partial charge in [0.2, 0.25) is 0 Å². The van der Waals surface area contributed by atoms with E-state index in [0.717, 1.165) is 29.2 Å². The first-order valence-corrected chi connectivity index (χ1v) is 9.19. The largest absolute Gasteiger partial charge is 0.460 e. The number of esters is 1. The zero-order chi connectivity index (χ0) is 16.8. The summed E-state index contributed by atoms with van der Waals surface area (Å²) in [5, 5.41) is 0. The second-order valence-electron chi connectivity index (χ2n) is 7.60. The van der Waals surface area contributed by atoms with Crippen LogP contribution < -0.4 is 4.90 Å². The number of hydrogen-bond donors (Lipinski definition) is 0. The average molecular weight is 332 g/mol. The smallest absolute Gasteiger partial charge is 0.314 e. The van der Waals surface area contributed by atoms with Crippen LogP contribution in [0.4, 0.5) is 5.69 Å². The molecule has 3 heteroatoms. The lowest BCUT2D eigenvalue weighted by atomic mass is 9.86. The molecule has 0 N–H and O–H groups in total. The van der Waals surface area contributed by atoms with Crippen LogP contribution in [0.5, 0.6) is 0 Å². The average Bonchev–Trinajstić information content (AvgIpc) is 3.42. The third-order valence-corrected chi connectivity index (χ3v) is 6.23. The Hall–Kier alpha value is -1.77. The molecule has 4 aliphatic rings. The van der Waals surface area contributed by atoms with E-state index < -0.39 is 0 Å². The first kappa shape index (κ1) is 15.5. The molecule has 2 saturated carbocycles. The Morgan fingerprint density at radius 1 is 1.00 bits per heavy atom. The van der Waals surface area contributed by atoms with E-state index >= 15 is 0 Å². The quantitative estimate of drug-likeness (QED) is 0.625. The van der Waals surface area contributed by atoms with E-state index in [9.17, 15) is 4.79 Å². The lowest BCUT2D eigenvalue weighted by Gasteiger charge is -2.21. The number of anilines is 1. The Kier molecular flexibility index (Phi) is 3.83. The molecule has 0 unspecified atom stereocenters. The second-order valence-corrected chi connectivity index (χ2v) is 7.60. The molecule has 4 atom stereocenters. The van der Waals surface area contributed by atoms with E-state index in [2.05, 4.69) is 41.3 Å². The van der Waals surface area contributed by atoms with Gasteiger partial charge in [0.15, 0.2) is 0 Å². The molecule has 5 rings (SSSR count). The van der Waals surface area contributed by atoms with Crippen molar-refractivity contribution in [1.82, 2.24) is 0 Å². The van der Waals surface area contributed by atoms with Gasteiger partial charge in [0.25, 0.3) is 0 Å². The fraction of sp³-hybridized carbons (Fsp3) is 0.364. The second kappa shape index (κ2) is 6.19. The molecule has 25 heavy (non-hydrogen) atoms. The molecule has 1 saturated heterocycles. The molecule has 1 aliphatic heterocycles. The van der Waals surface area contributed by atoms with Gasteiger partial charge in [0.1, 0.15) is 6.61 Å². The minimum atomic E-state index is -0.260. The van der Waals surface area contributed by atoms with Crippen molar-refractivity contribution in [3.63, 3.8) is 0 Å². The van der Waals surface area contributed by atoms with Gasteiger partial charge in [-0.3, -0.25) is 4.79 Å². The SMILES string of the molecule is O=C(OCc1ccc(N2C[C@@H]3[C@H](C2)[C@@H]2C=C[C@H]3C2)cc1)[C]1[CH][CH][CH][CH]1. The van der Waals surface area contributed by atoms with Crippen LogP contribution >= 0.6 is 0 Å². The van der Waals surface area contributed by atoms with Gasteiger partial charge in [0, 0.05) is 18.8 Å². The number of ether oxygens (including phenoxy) is 1. The standard InChI is InChI=1S/C22H22NO2/c24-22(16-3-1-2-4-16)25-14-15-5-9-19(10-6-15)23-12-20-17-7-8-18(11-17)21(20)13-23/h1-10,17-18,20-21H,11-14H2/t17-,18+,20-,21+. The van der Waals surface area contributed by atoms with E-state index in [1.807, 2.05) is 12.8 Å².